The molecule has 0 spiro atoms. The van der Waals surface area contributed by atoms with Gasteiger partial charge in [-0.1, -0.05) is 56.3 Å². The highest BCUT2D eigenvalue weighted by Crippen LogP contribution is 2.27. The maximum absolute atomic E-state index is 13.3. The van der Waals surface area contributed by atoms with E-state index in [0.29, 0.717) is 35.2 Å². The van der Waals surface area contributed by atoms with Crippen LogP contribution in [0, 0.1) is 13.8 Å². The molecule has 1 atom stereocenters. The van der Waals surface area contributed by atoms with Crippen molar-refractivity contribution in [3.05, 3.63) is 82.0 Å². The fraction of sp³-hybridized carbons (Fsp3) is 0.323. The predicted molar refractivity (Wildman–Crippen MR) is 165 cm³/mol. The molecule has 0 saturated heterocycles. The summed E-state index contributed by atoms with van der Waals surface area (Å²) in [5.41, 5.74) is 3.88. The Balaban J connectivity index is 1.73. The second-order valence-electron chi connectivity index (χ2n) is 9.32. The Kier molecular flexibility index (Phi) is 11.9. The molecule has 10 nitrogen and oxygen atoms in total. The molecule has 0 fully saturated rings. The van der Waals surface area contributed by atoms with Gasteiger partial charge in [-0.25, -0.2) is 14.8 Å². The van der Waals surface area contributed by atoms with Gasteiger partial charge in [0.05, 0.1) is 29.0 Å². The zero-order valence-electron chi connectivity index (χ0n) is 24.5. The number of esters is 1. The molecule has 0 aliphatic rings. The molecule has 1 aromatic heterocycles. The van der Waals surface area contributed by atoms with Crippen molar-refractivity contribution in [1.82, 2.24) is 20.6 Å². The summed E-state index contributed by atoms with van der Waals surface area (Å²) in [6.07, 6.45) is 2.51. The number of nitrogens with zero attached hydrogens (tertiary/aromatic N) is 2. The zero-order valence-corrected chi connectivity index (χ0v) is 25.3. The van der Waals surface area contributed by atoms with Crippen LogP contribution in [0.4, 0.5) is 5.95 Å². The highest BCUT2D eigenvalue weighted by molar-refractivity contribution is 8.03. The van der Waals surface area contributed by atoms with Crippen molar-refractivity contribution in [2.24, 2.45) is 0 Å². The lowest BCUT2D eigenvalue weighted by molar-refractivity contribution is -0.142. The molecule has 0 unspecified atom stereocenters. The summed E-state index contributed by atoms with van der Waals surface area (Å²) in [6.45, 7) is 7.53. The van der Waals surface area contributed by atoms with Crippen molar-refractivity contribution in [2.45, 2.75) is 46.7 Å². The monoisotopic (exact) mass is 591 g/mol. The molecule has 3 aromatic rings. The molecule has 4 N–H and O–H groups in total. The molecule has 2 aromatic carbocycles. The number of nitrogens with one attached hydrogen (secondary N) is 3. The largest absolute Gasteiger partial charge is 0.508 e. The first-order valence-corrected chi connectivity index (χ1v) is 14.6. The normalized spacial score (nSPS) is 11.9. The van der Waals surface area contributed by atoms with Crippen LogP contribution in [-0.4, -0.2) is 58.3 Å². The minimum absolute atomic E-state index is 0.139. The number of phenolic OH excluding ortho intramolecular Hbond substituents is 1. The van der Waals surface area contributed by atoms with Gasteiger partial charge in [-0.3, -0.25) is 9.59 Å². The second-order valence-corrected chi connectivity index (χ2v) is 10.6. The number of carbonyl (C=O) groups is 3. The van der Waals surface area contributed by atoms with Crippen LogP contribution < -0.4 is 16.0 Å². The summed E-state index contributed by atoms with van der Waals surface area (Å²) in [6, 6.07) is 13.7. The van der Waals surface area contributed by atoms with E-state index in [1.54, 1.807) is 32.0 Å². The van der Waals surface area contributed by atoms with Crippen LogP contribution in [0.1, 0.15) is 47.6 Å². The summed E-state index contributed by atoms with van der Waals surface area (Å²) in [4.78, 5) is 47.8. The highest BCUT2D eigenvalue weighted by Gasteiger charge is 2.26. The standard InChI is InChI=1S/C31H37N5O5S/c1-6-11-26(42-7-2)28(38)32-18-25(30(40)41-5)36-29(39)27-19(3)34-31(35-20(27)4)33-17-22-12-8-9-15-24(22)21-13-10-14-23(37)16-21/h8-16,25,37H,6-7,17-18H2,1-5H3,(H,32,38)(H,36,39)(H,33,34,35)/b26-11-/t25-/m0/s1. The van der Waals surface area contributed by atoms with E-state index in [4.69, 9.17) is 4.74 Å². The van der Waals surface area contributed by atoms with Gasteiger partial charge in [0, 0.05) is 13.1 Å². The first-order chi connectivity index (χ1) is 20.2. The number of hydrogen-bond acceptors (Lipinski definition) is 9. The molecule has 0 aliphatic carbocycles. The quantitative estimate of drug-likeness (QED) is 0.167. The molecular weight excluding hydrogens is 554 g/mol. The minimum atomic E-state index is -1.11. The SMILES string of the molecule is CC/C=C(\SCC)C(=O)NC[C@H](NC(=O)c1c(C)nc(NCc2ccccc2-c2cccc(O)c2)nc1C)C(=O)OC. The van der Waals surface area contributed by atoms with Gasteiger partial charge in [-0.05, 0) is 54.8 Å². The number of hydrogen-bond donors (Lipinski definition) is 4. The van der Waals surface area contributed by atoms with Gasteiger partial charge in [0.2, 0.25) is 5.95 Å². The summed E-state index contributed by atoms with van der Waals surface area (Å²) >= 11 is 1.41. The number of carbonyl (C=O) groups excluding carboxylic acids is 3. The molecule has 222 valence electrons. The van der Waals surface area contributed by atoms with Crippen LogP contribution in [0.15, 0.2) is 59.5 Å². The first-order valence-electron chi connectivity index (χ1n) is 13.6. The fourth-order valence-electron chi connectivity index (χ4n) is 4.33. The molecular formula is C31H37N5O5S. The Morgan fingerprint density at radius 2 is 1.76 bits per heavy atom. The number of amides is 2. The van der Waals surface area contributed by atoms with Gasteiger partial charge in [0.15, 0.2) is 0 Å². The number of rotatable bonds is 13. The third kappa shape index (κ3) is 8.56. The van der Waals surface area contributed by atoms with E-state index < -0.39 is 17.9 Å². The zero-order chi connectivity index (χ0) is 30.6. The first kappa shape index (κ1) is 32.1. The number of methoxy groups -OCH3 is 1. The molecule has 0 bridgehead atoms. The smallest absolute Gasteiger partial charge is 0.330 e. The number of allylic oxidation sites excluding steroid dienone is 1. The highest BCUT2D eigenvalue weighted by atomic mass is 32.2. The van der Waals surface area contributed by atoms with Crippen LogP contribution in [0.5, 0.6) is 5.75 Å². The summed E-state index contributed by atoms with van der Waals surface area (Å²) in [5.74, 6) is -0.306. The lowest BCUT2D eigenvalue weighted by Gasteiger charge is -2.19. The number of thioether (sulfide) groups is 1. The van der Waals surface area contributed by atoms with E-state index in [1.165, 1.54) is 18.9 Å². The van der Waals surface area contributed by atoms with Crippen molar-refractivity contribution in [1.29, 1.82) is 0 Å². The van der Waals surface area contributed by atoms with Gasteiger partial charge in [0.1, 0.15) is 11.8 Å². The van der Waals surface area contributed by atoms with E-state index >= 15 is 0 Å². The van der Waals surface area contributed by atoms with Gasteiger partial charge in [-0.15, -0.1) is 11.8 Å². The van der Waals surface area contributed by atoms with E-state index in [1.807, 2.05) is 50.3 Å². The molecule has 0 saturated carbocycles. The number of aromatic nitrogens is 2. The Morgan fingerprint density at radius 3 is 2.40 bits per heavy atom. The average molecular weight is 592 g/mol. The predicted octanol–water partition coefficient (Wildman–Crippen LogP) is 4.51. The van der Waals surface area contributed by atoms with Gasteiger partial charge in [0.25, 0.3) is 11.8 Å². The van der Waals surface area contributed by atoms with Crippen molar-refractivity contribution in [3.63, 3.8) is 0 Å². The second kappa shape index (κ2) is 15.6. The minimum Gasteiger partial charge on any atom is -0.508 e. The van der Waals surface area contributed by atoms with Crippen molar-refractivity contribution >= 4 is 35.5 Å². The average Bonchev–Trinajstić information content (AvgIpc) is 2.97. The lowest BCUT2D eigenvalue weighted by Crippen LogP contribution is -2.49. The van der Waals surface area contributed by atoms with Crippen LogP contribution in [0.25, 0.3) is 11.1 Å². The van der Waals surface area contributed by atoms with Gasteiger partial charge in [-0.2, -0.15) is 0 Å². The van der Waals surface area contributed by atoms with E-state index in [-0.39, 0.29) is 23.8 Å². The number of anilines is 1. The number of phenols is 1. The number of aryl methyl sites for hydroxylation is 2. The number of aromatic hydroxyl groups is 1. The Morgan fingerprint density at radius 1 is 1.05 bits per heavy atom. The third-order valence-corrected chi connectivity index (χ3v) is 7.23. The van der Waals surface area contributed by atoms with E-state index in [0.717, 1.165) is 22.4 Å². The maximum Gasteiger partial charge on any atom is 0.330 e. The van der Waals surface area contributed by atoms with E-state index in [9.17, 15) is 19.5 Å². The molecule has 42 heavy (non-hydrogen) atoms. The maximum atomic E-state index is 13.3. The topological polar surface area (TPSA) is 143 Å². The summed E-state index contributed by atoms with van der Waals surface area (Å²) in [5, 5.41) is 18.5. The number of ether oxygens (including phenoxy) is 1. The van der Waals surface area contributed by atoms with Gasteiger partial charge >= 0.3 is 5.97 Å². The fourth-order valence-corrected chi connectivity index (χ4v) is 5.13. The van der Waals surface area contributed by atoms with Crippen molar-refractivity contribution in [3.8, 4) is 16.9 Å². The van der Waals surface area contributed by atoms with Crippen LogP contribution in [0.3, 0.4) is 0 Å². The van der Waals surface area contributed by atoms with Crippen LogP contribution in [-0.2, 0) is 20.9 Å². The van der Waals surface area contributed by atoms with Crippen LogP contribution in [0.2, 0.25) is 0 Å². The summed E-state index contributed by atoms with van der Waals surface area (Å²) < 4.78 is 4.86. The van der Waals surface area contributed by atoms with Crippen molar-refractivity contribution in [2.75, 3.05) is 24.7 Å². The summed E-state index contributed by atoms with van der Waals surface area (Å²) in [7, 11) is 1.22. The Hall–Kier alpha value is -4.38. The molecule has 0 radical (unpaired) electrons. The molecule has 1 heterocycles. The Labute approximate surface area is 250 Å². The number of benzene rings is 2. The lowest BCUT2D eigenvalue weighted by atomic mass is 9.99. The molecule has 0 aliphatic heterocycles. The van der Waals surface area contributed by atoms with Crippen LogP contribution >= 0.6 is 11.8 Å². The van der Waals surface area contributed by atoms with Crippen molar-refractivity contribution < 1.29 is 24.2 Å². The third-order valence-electron chi connectivity index (χ3n) is 6.28. The molecule has 2 amide bonds. The van der Waals surface area contributed by atoms with E-state index in [2.05, 4.69) is 25.9 Å². The molecule has 11 heteroatoms. The molecule has 3 rings (SSSR count). The Bertz CT molecular complexity index is 1440. The van der Waals surface area contributed by atoms with Gasteiger partial charge < -0.3 is 25.8 Å².